The van der Waals surface area contributed by atoms with Gasteiger partial charge in [-0.25, -0.2) is 22.9 Å². The van der Waals surface area contributed by atoms with Gasteiger partial charge in [0.15, 0.2) is 17.2 Å². The maximum absolute atomic E-state index is 14.4. The molecule has 3 fully saturated rings. The van der Waals surface area contributed by atoms with E-state index in [1.165, 1.54) is 11.8 Å². The molecule has 1 aliphatic carbocycles. The molecule has 2 bridgehead atoms. The number of fused-ring (bicyclic) bond motifs is 6. The smallest absolute Gasteiger partial charge is 0.332 e. The number of hydrogen-bond donors (Lipinski definition) is 0. The van der Waals surface area contributed by atoms with Crippen LogP contribution in [0.3, 0.4) is 0 Å². The number of nitrogens with zero attached hydrogens (tertiary/aromatic N) is 2. The monoisotopic (exact) mass is 368 g/mol. The van der Waals surface area contributed by atoms with Crippen LogP contribution in [0, 0.1) is 36.1 Å². The number of anilines is 1. The quantitative estimate of drug-likeness (QED) is 0.334. The van der Waals surface area contributed by atoms with Gasteiger partial charge >= 0.3 is 6.03 Å². The summed E-state index contributed by atoms with van der Waals surface area (Å²) in [5.74, 6) is -8.13. The molecule has 1 aromatic heterocycles. The SMILES string of the molecule is Cc1oc2c(F)c(F)c(F)c(F)c2c1N1C(=O)[C@@H]2[C@@H]3CC[C@@H](C3)N2C1=O. The first-order chi connectivity index (χ1) is 12.3. The maximum atomic E-state index is 14.4. The third-order valence-electron chi connectivity index (χ3n) is 5.74. The number of aryl methyl sites for hydroxylation is 1. The lowest BCUT2D eigenvalue weighted by Crippen LogP contribution is -2.40. The van der Waals surface area contributed by atoms with E-state index in [1.54, 1.807) is 0 Å². The van der Waals surface area contributed by atoms with Gasteiger partial charge in [-0.3, -0.25) is 4.79 Å². The van der Waals surface area contributed by atoms with Crippen molar-refractivity contribution in [1.29, 1.82) is 0 Å². The highest BCUT2D eigenvalue weighted by molar-refractivity contribution is 6.25. The molecular weight excluding hydrogens is 356 g/mol. The summed E-state index contributed by atoms with van der Waals surface area (Å²) >= 11 is 0. The van der Waals surface area contributed by atoms with Crippen molar-refractivity contribution in [3.05, 3.63) is 29.0 Å². The zero-order valence-electron chi connectivity index (χ0n) is 13.5. The zero-order valence-corrected chi connectivity index (χ0v) is 13.5. The van der Waals surface area contributed by atoms with Gasteiger partial charge in [0.05, 0.1) is 5.39 Å². The molecule has 5 nitrogen and oxygen atoms in total. The molecule has 0 N–H and O–H groups in total. The Morgan fingerprint density at radius 1 is 1.00 bits per heavy atom. The molecule has 1 aromatic carbocycles. The Labute approximate surface area is 144 Å². The van der Waals surface area contributed by atoms with Gasteiger partial charge < -0.3 is 9.32 Å². The summed E-state index contributed by atoms with van der Waals surface area (Å²) in [5, 5.41) is -0.742. The Hall–Kier alpha value is -2.58. The minimum absolute atomic E-state index is 0.0238. The molecule has 3 amide bonds. The molecule has 26 heavy (non-hydrogen) atoms. The number of furan rings is 1. The normalized spacial score (nSPS) is 27.3. The first kappa shape index (κ1) is 15.7. The van der Waals surface area contributed by atoms with Crippen LogP contribution in [0.15, 0.2) is 4.42 Å². The average Bonchev–Trinajstić information content (AvgIpc) is 3.35. The summed E-state index contributed by atoms with van der Waals surface area (Å²) in [6.07, 6.45) is 2.33. The van der Waals surface area contributed by atoms with E-state index in [4.69, 9.17) is 4.42 Å². The average molecular weight is 368 g/mol. The first-order valence-corrected chi connectivity index (χ1v) is 8.24. The molecule has 2 aromatic rings. The molecule has 9 heteroatoms. The fourth-order valence-electron chi connectivity index (χ4n) is 4.69. The van der Waals surface area contributed by atoms with Crippen LogP contribution in [0.1, 0.15) is 25.0 Å². The van der Waals surface area contributed by atoms with Crippen LogP contribution in [0.4, 0.5) is 28.0 Å². The van der Waals surface area contributed by atoms with Crippen LogP contribution < -0.4 is 4.90 Å². The fraction of sp³-hybridized carbons (Fsp3) is 0.412. The van der Waals surface area contributed by atoms with Crippen LogP contribution >= 0.6 is 0 Å². The van der Waals surface area contributed by atoms with Crippen molar-refractivity contribution >= 4 is 28.6 Å². The van der Waals surface area contributed by atoms with E-state index >= 15 is 0 Å². The van der Waals surface area contributed by atoms with Gasteiger partial charge in [0.25, 0.3) is 5.91 Å². The number of rotatable bonds is 1. The second-order valence-electron chi connectivity index (χ2n) is 7.00. The minimum atomic E-state index is -2.02. The predicted molar refractivity (Wildman–Crippen MR) is 80.4 cm³/mol. The van der Waals surface area contributed by atoms with Gasteiger partial charge in [-0.15, -0.1) is 0 Å². The van der Waals surface area contributed by atoms with Crippen LogP contribution in [0.25, 0.3) is 11.0 Å². The third kappa shape index (κ3) is 1.61. The molecule has 2 saturated heterocycles. The van der Waals surface area contributed by atoms with Gasteiger partial charge in [-0.05, 0) is 32.1 Å². The highest BCUT2D eigenvalue weighted by Gasteiger charge is 2.60. The third-order valence-corrected chi connectivity index (χ3v) is 5.74. The summed E-state index contributed by atoms with van der Waals surface area (Å²) in [7, 11) is 0. The van der Waals surface area contributed by atoms with E-state index < -0.39 is 52.2 Å². The van der Waals surface area contributed by atoms with Crippen molar-refractivity contribution in [3.8, 4) is 0 Å². The van der Waals surface area contributed by atoms with Crippen molar-refractivity contribution in [2.45, 2.75) is 38.3 Å². The Balaban J connectivity index is 1.75. The summed E-state index contributed by atoms with van der Waals surface area (Å²) in [6.45, 7) is 1.28. The number of carbonyl (C=O) groups excluding carboxylic acids is 2. The van der Waals surface area contributed by atoms with Crippen molar-refractivity contribution in [2.75, 3.05) is 4.90 Å². The molecule has 136 valence electrons. The molecule has 3 heterocycles. The lowest BCUT2D eigenvalue weighted by atomic mass is 9.99. The molecule has 2 aliphatic heterocycles. The van der Waals surface area contributed by atoms with E-state index in [0.29, 0.717) is 0 Å². The molecule has 0 unspecified atom stereocenters. The number of imide groups is 1. The molecule has 0 radical (unpaired) electrons. The van der Waals surface area contributed by atoms with Crippen LogP contribution in [-0.2, 0) is 4.79 Å². The maximum Gasteiger partial charge on any atom is 0.332 e. The summed E-state index contributed by atoms with van der Waals surface area (Å²) < 4.78 is 60.6. The number of hydrogen-bond acceptors (Lipinski definition) is 3. The Kier molecular flexibility index (Phi) is 2.87. The largest absolute Gasteiger partial charge is 0.456 e. The Morgan fingerprint density at radius 3 is 2.38 bits per heavy atom. The van der Waals surface area contributed by atoms with Crippen molar-refractivity contribution in [1.82, 2.24) is 4.90 Å². The standard InChI is InChI=1S/C17H12F4N2O3/c1-5-13(8-9(18)10(19)11(20)12(21)15(8)26-5)23-16(24)14-6-2-3-7(4-6)22(14)17(23)25/h6-7,14H,2-4H2,1H3/t6-,7+,14+/m1/s1. The van der Waals surface area contributed by atoms with Gasteiger partial charge in [-0.1, -0.05) is 0 Å². The minimum Gasteiger partial charge on any atom is -0.456 e. The van der Waals surface area contributed by atoms with E-state index in [2.05, 4.69) is 0 Å². The van der Waals surface area contributed by atoms with Gasteiger partial charge in [0, 0.05) is 6.04 Å². The lowest BCUT2D eigenvalue weighted by Gasteiger charge is -2.25. The summed E-state index contributed by atoms with van der Waals surface area (Å²) in [6, 6.07) is -1.38. The van der Waals surface area contributed by atoms with Crippen LogP contribution in [0.2, 0.25) is 0 Å². The number of halogens is 4. The number of amides is 3. The van der Waals surface area contributed by atoms with Gasteiger partial charge in [0.1, 0.15) is 17.5 Å². The van der Waals surface area contributed by atoms with Crippen LogP contribution in [0.5, 0.6) is 0 Å². The molecule has 3 atom stereocenters. The molecule has 0 spiro atoms. The Bertz CT molecular complexity index is 990. The highest BCUT2D eigenvalue weighted by Crippen LogP contribution is 2.49. The number of carbonyl (C=O) groups is 2. The van der Waals surface area contributed by atoms with Crippen LogP contribution in [-0.4, -0.2) is 28.9 Å². The summed E-state index contributed by atoms with van der Waals surface area (Å²) in [5.41, 5.74) is -1.22. The van der Waals surface area contributed by atoms with Gasteiger partial charge in [0.2, 0.25) is 11.6 Å². The molecule has 5 rings (SSSR count). The predicted octanol–water partition coefficient (Wildman–Crippen LogP) is 3.62. The number of urea groups is 1. The van der Waals surface area contributed by atoms with Crippen molar-refractivity contribution in [3.63, 3.8) is 0 Å². The number of benzene rings is 1. The van der Waals surface area contributed by atoms with E-state index in [1.807, 2.05) is 0 Å². The summed E-state index contributed by atoms with van der Waals surface area (Å²) in [4.78, 5) is 27.9. The zero-order chi connectivity index (χ0) is 18.5. The molecular formula is C17H12F4N2O3. The Morgan fingerprint density at radius 2 is 1.69 bits per heavy atom. The fourth-order valence-corrected chi connectivity index (χ4v) is 4.69. The number of piperidine rings is 1. The highest BCUT2D eigenvalue weighted by atomic mass is 19.2. The first-order valence-electron chi connectivity index (χ1n) is 8.24. The second-order valence-corrected chi connectivity index (χ2v) is 7.00. The van der Waals surface area contributed by atoms with E-state index in [0.717, 1.165) is 24.2 Å². The second kappa shape index (κ2) is 4.77. The molecule has 1 saturated carbocycles. The van der Waals surface area contributed by atoms with Crippen molar-refractivity contribution in [2.24, 2.45) is 5.92 Å². The lowest BCUT2D eigenvalue weighted by molar-refractivity contribution is -0.120. The van der Waals surface area contributed by atoms with E-state index in [-0.39, 0.29) is 23.4 Å². The molecule has 3 aliphatic rings. The van der Waals surface area contributed by atoms with Crippen molar-refractivity contribution < 1.29 is 31.6 Å². The van der Waals surface area contributed by atoms with Gasteiger partial charge in [-0.2, -0.15) is 4.39 Å². The van der Waals surface area contributed by atoms with E-state index in [9.17, 15) is 27.2 Å². The topological polar surface area (TPSA) is 53.8 Å².